The minimum atomic E-state index is 1.05. The van der Waals surface area contributed by atoms with Crippen molar-refractivity contribution in [1.29, 1.82) is 0 Å². The highest BCUT2D eigenvalue weighted by atomic mass is 16.6. The van der Waals surface area contributed by atoms with E-state index in [9.17, 15) is 0 Å². The second kappa shape index (κ2) is 2.31. The predicted octanol–water partition coefficient (Wildman–Crippen LogP) is 1.99. The maximum absolute atomic E-state index is 5.04. The van der Waals surface area contributed by atoms with Gasteiger partial charge in [-0.05, 0) is 24.4 Å². The van der Waals surface area contributed by atoms with Gasteiger partial charge in [0.2, 0.25) is 0 Å². The van der Waals surface area contributed by atoms with Crippen molar-refractivity contribution in [2.45, 2.75) is 25.7 Å². The number of allylic oxidation sites excluding steroid dienone is 3. The standard InChI is InChI=1S/C8H9NO/c1-2-4-8-7(3-1)5-6-9-10-8/h5H,1-4H2. The van der Waals surface area contributed by atoms with Gasteiger partial charge < -0.3 is 4.84 Å². The molecule has 0 N–H and O–H groups in total. The summed E-state index contributed by atoms with van der Waals surface area (Å²) in [4.78, 5) is 5.04. The topological polar surface area (TPSA) is 21.6 Å². The first-order chi connectivity index (χ1) is 4.97. The van der Waals surface area contributed by atoms with Gasteiger partial charge in [-0.1, -0.05) is 0 Å². The Balaban J connectivity index is 2.30. The van der Waals surface area contributed by atoms with Crippen molar-refractivity contribution in [1.82, 2.24) is 0 Å². The van der Waals surface area contributed by atoms with E-state index in [1.54, 1.807) is 0 Å². The molecule has 1 aliphatic carbocycles. The third-order valence-electron chi connectivity index (χ3n) is 1.91. The summed E-state index contributed by atoms with van der Waals surface area (Å²) in [5.41, 5.74) is 1.29. The van der Waals surface area contributed by atoms with Crippen LogP contribution in [0.1, 0.15) is 25.7 Å². The number of nitrogens with zero attached hydrogens (tertiary/aromatic N) is 1. The summed E-state index contributed by atoms with van der Waals surface area (Å²) >= 11 is 0. The van der Waals surface area contributed by atoms with E-state index in [0.717, 1.165) is 18.6 Å². The fourth-order valence-corrected chi connectivity index (χ4v) is 1.34. The zero-order valence-corrected chi connectivity index (χ0v) is 5.76. The molecule has 1 heterocycles. The lowest BCUT2D eigenvalue weighted by Crippen LogP contribution is -2.01. The van der Waals surface area contributed by atoms with Crippen molar-refractivity contribution in [3.63, 3.8) is 0 Å². The molecule has 0 fully saturated rings. The van der Waals surface area contributed by atoms with Gasteiger partial charge in [-0.15, -0.1) is 0 Å². The van der Waals surface area contributed by atoms with Crippen molar-refractivity contribution >= 4 is 5.87 Å². The molecule has 0 radical (unpaired) electrons. The lowest BCUT2D eigenvalue weighted by atomic mass is 9.98. The lowest BCUT2D eigenvalue weighted by Gasteiger charge is -2.15. The maximum Gasteiger partial charge on any atom is 0.139 e. The molecule has 0 saturated carbocycles. The van der Waals surface area contributed by atoms with Gasteiger partial charge in [-0.25, -0.2) is 0 Å². The van der Waals surface area contributed by atoms with E-state index in [-0.39, 0.29) is 0 Å². The number of hydrogen-bond acceptors (Lipinski definition) is 2. The minimum absolute atomic E-state index is 1.05. The van der Waals surface area contributed by atoms with Crippen LogP contribution in [0, 0.1) is 0 Å². The monoisotopic (exact) mass is 135 g/mol. The molecule has 0 saturated heterocycles. The van der Waals surface area contributed by atoms with Gasteiger partial charge in [0.05, 0.1) is 0 Å². The summed E-state index contributed by atoms with van der Waals surface area (Å²) in [6.07, 6.45) is 6.63. The molecule has 0 bridgehead atoms. The molecule has 2 aliphatic rings. The molecule has 1 aliphatic heterocycles. The van der Waals surface area contributed by atoms with Gasteiger partial charge >= 0.3 is 0 Å². The largest absolute Gasteiger partial charge is 0.353 e. The Hall–Kier alpha value is -1.01. The molecular formula is C8H9NO. The Morgan fingerprint density at radius 2 is 2.30 bits per heavy atom. The van der Waals surface area contributed by atoms with Crippen molar-refractivity contribution < 1.29 is 4.84 Å². The second-order valence-corrected chi connectivity index (χ2v) is 2.61. The van der Waals surface area contributed by atoms with Crippen LogP contribution in [-0.4, -0.2) is 5.87 Å². The first-order valence-corrected chi connectivity index (χ1v) is 3.64. The summed E-state index contributed by atoms with van der Waals surface area (Å²) < 4.78 is 0. The number of hydrogen-bond donors (Lipinski definition) is 0. The molecule has 0 atom stereocenters. The van der Waals surface area contributed by atoms with E-state index in [2.05, 4.69) is 11.0 Å². The summed E-state index contributed by atoms with van der Waals surface area (Å²) in [5, 5.41) is 3.60. The number of rotatable bonds is 0. The van der Waals surface area contributed by atoms with E-state index < -0.39 is 0 Å². The molecule has 2 rings (SSSR count). The normalized spacial score (nSPS) is 22.4. The molecule has 2 heteroatoms. The van der Waals surface area contributed by atoms with Crippen molar-refractivity contribution in [2.75, 3.05) is 0 Å². The summed E-state index contributed by atoms with van der Waals surface area (Å²) in [5.74, 6) is 3.76. The summed E-state index contributed by atoms with van der Waals surface area (Å²) in [7, 11) is 0. The highest BCUT2D eigenvalue weighted by Crippen LogP contribution is 2.27. The van der Waals surface area contributed by atoms with Gasteiger partial charge in [0.15, 0.2) is 0 Å². The van der Waals surface area contributed by atoms with E-state index in [1.165, 1.54) is 18.4 Å². The molecular weight excluding hydrogens is 126 g/mol. The predicted molar refractivity (Wildman–Crippen MR) is 38.6 cm³/mol. The van der Waals surface area contributed by atoms with E-state index >= 15 is 0 Å². The zero-order valence-electron chi connectivity index (χ0n) is 5.76. The molecule has 10 heavy (non-hydrogen) atoms. The van der Waals surface area contributed by atoms with Crippen LogP contribution < -0.4 is 0 Å². The molecule has 0 aromatic rings. The Bertz CT molecular complexity index is 234. The lowest BCUT2D eigenvalue weighted by molar-refractivity contribution is 0.205. The quantitative estimate of drug-likeness (QED) is 0.497. The van der Waals surface area contributed by atoms with E-state index in [4.69, 9.17) is 4.84 Å². The maximum atomic E-state index is 5.04. The van der Waals surface area contributed by atoms with Crippen LogP contribution in [0.2, 0.25) is 0 Å². The van der Waals surface area contributed by atoms with Gasteiger partial charge in [0.25, 0.3) is 0 Å². The Morgan fingerprint density at radius 1 is 1.40 bits per heavy atom. The van der Waals surface area contributed by atoms with Crippen LogP contribution in [-0.2, 0) is 4.84 Å². The molecule has 0 aromatic heterocycles. The minimum Gasteiger partial charge on any atom is -0.353 e. The summed E-state index contributed by atoms with van der Waals surface area (Å²) in [6.45, 7) is 0. The fraction of sp³-hybridized carbons (Fsp3) is 0.500. The molecule has 0 unspecified atom stereocenters. The highest BCUT2D eigenvalue weighted by Gasteiger charge is 2.13. The van der Waals surface area contributed by atoms with Gasteiger partial charge in [0, 0.05) is 23.9 Å². The Morgan fingerprint density at radius 3 is 3.20 bits per heavy atom. The average Bonchev–Trinajstić information content (AvgIpc) is 2.05. The van der Waals surface area contributed by atoms with Crippen LogP contribution >= 0.6 is 0 Å². The van der Waals surface area contributed by atoms with Gasteiger partial charge in [-0.3, -0.25) is 0 Å². The Labute approximate surface area is 59.9 Å². The molecule has 0 amide bonds. The van der Waals surface area contributed by atoms with Gasteiger partial charge in [0.1, 0.15) is 5.76 Å². The fourth-order valence-electron chi connectivity index (χ4n) is 1.34. The molecule has 0 spiro atoms. The van der Waals surface area contributed by atoms with Crippen LogP contribution in [0.4, 0.5) is 0 Å². The van der Waals surface area contributed by atoms with Crippen molar-refractivity contribution in [3.05, 3.63) is 17.4 Å². The van der Waals surface area contributed by atoms with E-state index in [0.29, 0.717) is 0 Å². The van der Waals surface area contributed by atoms with Crippen molar-refractivity contribution in [2.24, 2.45) is 5.16 Å². The SMILES string of the molecule is C1=CC2=C(CCCC2)ON=1. The summed E-state index contributed by atoms with van der Waals surface area (Å²) in [6, 6.07) is 0. The third kappa shape index (κ3) is 0.869. The smallest absolute Gasteiger partial charge is 0.139 e. The van der Waals surface area contributed by atoms with Crippen LogP contribution in [0.3, 0.4) is 0 Å². The first kappa shape index (κ1) is 5.75. The van der Waals surface area contributed by atoms with Crippen LogP contribution in [0.5, 0.6) is 0 Å². The molecule has 0 aromatic carbocycles. The zero-order chi connectivity index (χ0) is 6.81. The second-order valence-electron chi connectivity index (χ2n) is 2.61. The third-order valence-corrected chi connectivity index (χ3v) is 1.91. The van der Waals surface area contributed by atoms with Crippen molar-refractivity contribution in [3.8, 4) is 0 Å². The van der Waals surface area contributed by atoms with Crippen LogP contribution in [0.15, 0.2) is 22.6 Å². The highest BCUT2D eigenvalue weighted by molar-refractivity contribution is 5.58. The van der Waals surface area contributed by atoms with Gasteiger partial charge in [-0.2, -0.15) is 0 Å². The van der Waals surface area contributed by atoms with E-state index in [1.807, 2.05) is 6.08 Å². The first-order valence-electron chi connectivity index (χ1n) is 3.64. The molecule has 2 nitrogen and oxygen atoms in total. The Kier molecular flexibility index (Phi) is 1.33. The van der Waals surface area contributed by atoms with Crippen LogP contribution in [0.25, 0.3) is 0 Å². The average molecular weight is 135 g/mol. The molecule has 52 valence electrons.